The Bertz CT molecular complexity index is 838. The van der Waals surface area contributed by atoms with Crippen molar-refractivity contribution in [1.29, 1.82) is 0 Å². The molecule has 30 heavy (non-hydrogen) atoms. The predicted octanol–water partition coefficient (Wildman–Crippen LogP) is 2.62. The fourth-order valence-corrected chi connectivity index (χ4v) is 4.12. The molecule has 1 heterocycles. The molecule has 0 bridgehead atoms. The standard InChI is InChI=1S/C22H29N3O5/c1-4-16-8-10-17(11-9-16)23-19(27)15(3)30-18(26)13-25-20(28)22(24-21(25)29)12-6-5-7-14(22)2/h8-11,14-15H,4-7,12-13H2,1-3H3,(H,23,27)(H,24,29). The summed E-state index contributed by atoms with van der Waals surface area (Å²) in [6.07, 6.45) is 3.12. The lowest BCUT2D eigenvalue weighted by Gasteiger charge is -2.36. The van der Waals surface area contributed by atoms with Gasteiger partial charge in [-0.05, 0) is 49.8 Å². The minimum atomic E-state index is -1.06. The van der Waals surface area contributed by atoms with E-state index in [0.29, 0.717) is 12.1 Å². The molecule has 1 spiro atoms. The monoisotopic (exact) mass is 415 g/mol. The van der Waals surface area contributed by atoms with Crippen molar-refractivity contribution in [3.8, 4) is 0 Å². The van der Waals surface area contributed by atoms with E-state index in [9.17, 15) is 19.2 Å². The lowest BCUT2D eigenvalue weighted by Crippen LogP contribution is -2.54. The van der Waals surface area contributed by atoms with Gasteiger partial charge in [-0.2, -0.15) is 0 Å². The van der Waals surface area contributed by atoms with Gasteiger partial charge in [0.05, 0.1) is 0 Å². The van der Waals surface area contributed by atoms with E-state index in [1.54, 1.807) is 12.1 Å². The van der Waals surface area contributed by atoms with Crippen molar-refractivity contribution in [1.82, 2.24) is 10.2 Å². The summed E-state index contributed by atoms with van der Waals surface area (Å²) in [4.78, 5) is 50.8. The van der Waals surface area contributed by atoms with Gasteiger partial charge in [0, 0.05) is 5.69 Å². The second-order valence-corrected chi connectivity index (χ2v) is 8.11. The van der Waals surface area contributed by atoms with Gasteiger partial charge in [0.15, 0.2) is 6.10 Å². The third-order valence-corrected chi connectivity index (χ3v) is 6.10. The third-order valence-electron chi connectivity index (χ3n) is 6.10. The molecule has 1 aromatic rings. The number of hydrogen-bond donors (Lipinski definition) is 2. The number of ether oxygens (including phenoxy) is 1. The quantitative estimate of drug-likeness (QED) is 0.549. The van der Waals surface area contributed by atoms with Crippen LogP contribution in [0.1, 0.15) is 52.0 Å². The minimum Gasteiger partial charge on any atom is -0.451 e. The zero-order valence-electron chi connectivity index (χ0n) is 17.7. The molecular weight excluding hydrogens is 386 g/mol. The number of carbonyl (C=O) groups is 4. The summed E-state index contributed by atoms with van der Waals surface area (Å²) in [6, 6.07) is 6.80. The smallest absolute Gasteiger partial charge is 0.327 e. The van der Waals surface area contributed by atoms with Crippen LogP contribution in [0, 0.1) is 5.92 Å². The molecule has 1 saturated carbocycles. The van der Waals surface area contributed by atoms with E-state index in [1.807, 2.05) is 26.0 Å². The highest BCUT2D eigenvalue weighted by atomic mass is 16.5. The normalized spacial score (nSPS) is 24.5. The number of anilines is 1. The number of carbonyl (C=O) groups excluding carboxylic acids is 4. The number of imide groups is 1. The molecular formula is C22H29N3O5. The van der Waals surface area contributed by atoms with Gasteiger partial charge in [0.25, 0.3) is 11.8 Å². The van der Waals surface area contributed by atoms with Crippen LogP contribution < -0.4 is 10.6 Å². The van der Waals surface area contributed by atoms with Gasteiger partial charge in [0.2, 0.25) is 0 Å². The van der Waals surface area contributed by atoms with E-state index in [1.165, 1.54) is 6.92 Å². The van der Waals surface area contributed by atoms with Crippen LogP contribution in [0.2, 0.25) is 0 Å². The second kappa shape index (κ2) is 8.85. The molecule has 8 heteroatoms. The minimum absolute atomic E-state index is 0.00696. The van der Waals surface area contributed by atoms with E-state index in [4.69, 9.17) is 4.74 Å². The van der Waals surface area contributed by atoms with E-state index in [2.05, 4.69) is 10.6 Å². The lowest BCUT2D eigenvalue weighted by atomic mass is 9.73. The van der Waals surface area contributed by atoms with Crippen LogP contribution >= 0.6 is 0 Å². The van der Waals surface area contributed by atoms with Gasteiger partial charge in [-0.15, -0.1) is 0 Å². The molecule has 2 N–H and O–H groups in total. The molecule has 0 aromatic heterocycles. The number of urea groups is 1. The van der Waals surface area contributed by atoms with E-state index in [0.717, 1.165) is 36.1 Å². The summed E-state index contributed by atoms with van der Waals surface area (Å²) >= 11 is 0. The molecule has 1 saturated heterocycles. The zero-order valence-corrected chi connectivity index (χ0v) is 17.7. The van der Waals surface area contributed by atoms with Crippen molar-refractivity contribution >= 4 is 29.5 Å². The van der Waals surface area contributed by atoms with Crippen molar-refractivity contribution in [2.24, 2.45) is 5.92 Å². The maximum Gasteiger partial charge on any atom is 0.327 e. The largest absolute Gasteiger partial charge is 0.451 e. The third kappa shape index (κ3) is 4.32. The molecule has 8 nitrogen and oxygen atoms in total. The fraction of sp³-hybridized carbons (Fsp3) is 0.545. The van der Waals surface area contributed by atoms with Crippen LogP contribution in [0.5, 0.6) is 0 Å². The zero-order chi connectivity index (χ0) is 21.9. The predicted molar refractivity (Wildman–Crippen MR) is 111 cm³/mol. The highest BCUT2D eigenvalue weighted by Gasteiger charge is 2.55. The molecule has 0 radical (unpaired) electrons. The van der Waals surface area contributed by atoms with E-state index >= 15 is 0 Å². The van der Waals surface area contributed by atoms with Gasteiger partial charge in [0.1, 0.15) is 12.1 Å². The Balaban J connectivity index is 1.56. The van der Waals surface area contributed by atoms with Crippen molar-refractivity contribution in [2.45, 2.75) is 64.5 Å². The van der Waals surface area contributed by atoms with E-state index in [-0.39, 0.29) is 11.8 Å². The van der Waals surface area contributed by atoms with Crippen LogP contribution in [0.3, 0.4) is 0 Å². The molecule has 1 aliphatic heterocycles. The van der Waals surface area contributed by atoms with Crippen LogP contribution in [0.4, 0.5) is 10.5 Å². The fourth-order valence-electron chi connectivity index (χ4n) is 4.12. The van der Waals surface area contributed by atoms with Gasteiger partial charge in [-0.3, -0.25) is 19.3 Å². The maximum atomic E-state index is 12.9. The van der Waals surface area contributed by atoms with Crippen molar-refractivity contribution < 1.29 is 23.9 Å². The Morgan fingerprint density at radius 2 is 1.97 bits per heavy atom. The van der Waals surface area contributed by atoms with Crippen LogP contribution in [0.15, 0.2) is 24.3 Å². The van der Waals surface area contributed by atoms with Crippen LogP contribution in [-0.4, -0.2) is 46.9 Å². The number of benzene rings is 1. The Morgan fingerprint density at radius 3 is 2.60 bits per heavy atom. The molecule has 3 atom stereocenters. The topological polar surface area (TPSA) is 105 Å². The molecule has 3 rings (SSSR count). The lowest BCUT2D eigenvalue weighted by molar-refractivity contribution is -0.155. The first-order chi connectivity index (χ1) is 14.3. The number of esters is 1. The average Bonchev–Trinajstić information content (AvgIpc) is 2.95. The van der Waals surface area contributed by atoms with E-state index < -0.39 is 36.1 Å². The number of amides is 4. The Hall–Kier alpha value is -2.90. The Morgan fingerprint density at radius 1 is 1.27 bits per heavy atom. The molecule has 3 unspecified atom stereocenters. The first-order valence-electron chi connectivity index (χ1n) is 10.5. The first-order valence-corrected chi connectivity index (χ1v) is 10.5. The molecule has 1 aromatic carbocycles. The van der Waals surface area contributed by atoms with Crippen molar-refractivity contribution in [3.05, 3.63) is 29.8 Å². The molecule has 2 fully saturated rings. The average molecular weight is 415 g/mol. The number of nitrogens with one attached hydrogen (secondary N) is 2. The molecule has 1 aliphatic carbocycles. The number of hydrogen-bond acceptors (Lipinski definition) is 5. The second-order valence-electron chi connectivity index (χ2n) is 8.11. The Kier molecular flexibility index (Phi) is 6.43. The highest BCUT2D eigenvalue weighted by Crippen LogP contribution is 2.38. The Labute approximate surface area is 176 Å². The van der Waals surface area contributed by atoms with Gasteiger partial charge < -0.3 is 15.4 Å². The summed E-state index contributed by atoms with van der Waals surface area (Å²) in [5.41, 5.74) is 0.817. The molecule has 162 valence electrons. The van der Waals surface area contributed by atoms with Crippen molar-refractivity contribution in [2.75, 3.05) is 11.9 Å². The van der Waals surface area contributed by atoms with Gasteiger partial charge >= 0.3 is 12.0 Å². The number of rotatable bonds is 6. The van der Waals surface area contributed by atoms with Crippen molar-refractivity contribution in [3.63, 3.8) is 0 Å². The maximum absolute atomic E-state index is 12.9. The highest BCUT2D eigenvalue weighted by molar-refractivity contribution is 6.09. The number of aryl methyl sites for hydroxylation is 1. The molecule has 2 aliphatic rings. The summed E-state index contributed by atoms with van der Waals surface area (Å²) < 4.78 is 5.17. The van der Waals surface area contributed by atoms with Gasteiger partial charge in [-0.25, -0.2) is 4.79 Å². The van der Waals surface area contributed by atoms with Crippen LogP contribution in [-0.2, 0) is 25.5 Å². The number of nitrogens with zero attached hydrogens (tertiary/aromatic N) is 1. The summed E-state index contributed by atoms with van der Waals surface area (Å²) in [5.74, 6) is -1.66. The first kappa shape index (κ1) is 21.8. The summed E-state index contributed by atoms with van der Waals surface area (Å²) in [7, 11) is 0. The molecule has 4 amide bonds. The summed E-state index contributed by atoms with van der Waals surface area (Å²) in [6.45, 7) is 4.92. The van der Waals surface area contributed by atoms with Crippen LogP contribution in [0.25, 0.3) is 0 Å². The SMILES string of the molecule is CCc1ccc(NC(=O)C(C)OC(=O)CN2C(=O)NC3(CCCCC3C)C2=O)cc1. The van der Waals surface area contributed by atoms with Gasteiger partial charge in [-0.1, -0.05) is 38.8 Å². The summed E-state index contributed by atoms with van der Waals surface area (Å²) in [5, 5.41) is 5.48.